The number of hydrogen-bond donors (Lipinski definition) is 1. The third kappa shape index (κ3) is 3.30. The van der Waals surface area contributed by atoms with Gasteiger partial charge in [-0.1, -0.05) is 37.6 Å². The van der Waals surface area contributed by atoms with Crippen molar-refractivity contribution in [3.8, 4) is 0 Å². The second-order valence-corrected chi connectivity index (χ2v) is 5.52. The maximum atomic E-state index is 6.40. The van der Waals surface area contributed by atoms with Crippen LogP contribution in [0.15, 0.2) is 24.3 Å². The van der Waals surface area contributed by atoms with Crippen LogP contribution in [0.4, 0.5) is 0 Å². The van der Waals surface area contributed by atoms with Crippen molar-refractivity contribution in [1.82, 2.24) is 4.90 Å². The molecule has 0 aliphatic carbocycles. The summed E-state index contributed by atoms with van der Waals surface area (Å²) in [5.74, 6) is 0. The highest BCUT2D eigenvalue weighted by molar-refractivity contribution is 5.28. The Kier molecular flexibility index (Phi) is 4.72. The van der Waals surface area contributed by atoms with Crippen LogP contribution in [0.5, 0.6) is 0 Å². The SMILES string of the molecule is CCCc1cccc(C(N)C(C)(C)N(C)C)c1. The fourth-order valence-corrected chi connectivity index (χ4v) is 1.92. The Balaban J connectivity index is 2.96. The topological polar surface area (TPSA) is 29.3 Å². The van der Waals surface area contributed by atoms with Gasteiger partial charge in [0.2, 0.25) is 0 Å². The van der Waals surface area contributed by atoms with Gasteiger partial charge in [0.1, 0.15) is 0 Å². The van der Waals surface area contributed by atoms with E-state index < -0.39 is 0 Å². The van der Waals surface area contributed by atoms with Crippen LogP contribution in [0.25, 0.3) is 0 Å². The summed E-state index contributed by atoms with van der Waals surface area (Å²) in [4.78, 5) is 2.18. The van der Waals surface area contributed by atoms with E-state index >= 15 is 0 Å². The van der Waals surface area contributed by atoms with Gasteiger partial charge in [-0.3, -0.25) is 0 Å². The smallest absolute Gasteiger partial charge is 0.0476 e. The summed E-state index contributed by atoms with van der Waals surface area (Å²) < 4.78 is 0. The Bertz CT molecular complexity index is 356. The van der Waals surface area contributed by atoms with E-state index in [1.54, 1.807) is 0 Å². The van der Waals surface area contributed by atoms with Gasteiger partial charge in [-0.05, 0) is 45.5 Å². The molecule has 0 saturated carbocycles. The van der Waals surface area contributed by atoms with E-state index in [4.69, 9.17) is 5.73 Å². The average molecular weight is 234 g/mol. The van der Waals surface area contributed by atoms with Crippen LogP contribution in [0.1, 0.15) is 44.4 Å². The molecular formula is C15H26N2. The third-order valence-electron chi connectivity index (χ3n) is 3.76. The van der Waals surface area contributed by atoms with Crippen molar-refractivity contribution in [1.29, 1.82) is 0 Å². The fraction of sp³-hybridized carbons (Fsp3) is 0.600. The summed E-state index contributed by atoms with van der Waals surface area (Å²) in [6.45, 7) is 6.57. The Morgan fingerprint density at radius 1 is 1.29 bits per heavy atom. The molecule has 1 unspecified atom stereocenters. The molecule has 0 spiro atoms. The van der Waals surface area contributed by atoms with Crippen LogP contribution in [0.3, 0.4) is 0 Å². The molecule has 1 aromatic carbocycles. The first kappa shape index (κ1) is 14.2. The molecule has 0 aliphatic rings. The van der Waals surface area contributed by atoms with Gasteiger partial charge in [-0.15, -0.1) is 0 Å². The Morgan fingerprint density at radius 3 is 2.47 bits per heavy atom. The second kappa shape index (κ2) is 5.65. The molecule has 0 heterocycles. The Labute approximate surface area is 106 Å². The molecular weight excluding hydrogens is 208 g/mol. The normalized spacial score (nSPS) is 14.1. The zero-order valence-electron chi connectivity index (χ0n) is 11.8. The monoisotopic (exact) mass is 234 g/mol. The highest BCUT2D eigenvalue weighted by Gasteiger charge is 2.29. The van der Waals surface area contributed by atoms with Crippen molar-refractivity contribution in [3.05, 3.63) is 35.4 Å². The third-order valence-corrected chi connectivity index (χ3v) is 3.76. The number of benzene rings is 1. The summed E-state index contributed by atoms with van der Waals surface area (Å²) in [5, 5.41) is 0. The first-order valence-corrected chi connectivity index (χ1v) is 6.41. The van der Waals surface area contributed by atoms with Crippen LogP contribution < -0.4 is 5.73 Å². The van der Waals surface area contributed by atoms with E-state index in [9.17, 15) is 0 Å². The van der Waals surface area contributed by atoms with Gasteiger partial charge in [0.05, 0.1) is 0 Å². The second-order valence-electron chi connectivity index (χ2n) is 5.52. The standard InChI is InChI=1S/C15H26N2/c1-6-8-12-9-7-10-13(11-12)14(16)15(2,3)17(4)5/h7,9-11,14H,6,8,16H2,1-5H3. The number of hydrogen-bond acceptors (Lipinski definition) is 2. The Hall–Kier alpha value is -0.860. The van der Waals surface area contributed by atoms with Gasteiger partial charge in [-0.25, -0.2) is 0 Å². The quantitative estimate of drug-likeness (QED) is 0.848. The van der Waals surface area contributed by atoms with E-state index in [0.29, 0.717) is 0 Å². The lowest BCUT2D eigenvalue weighted by atomic mass is 9.87. The van der Waals surface area contributed by atoms with Crippen LogP contribution in [-0.2, 0) is 6.42 Å². The minimum atomic E-state index is -0.0369. The molecule has 0 saturated heterocycles. The molecule has 0 radical (unpaired) electrons. The maximum absolute atomic E-state index is 6.40. The van der Waals surface area contributed by atoms with Crippen molar-refractivity contribution < 1.29 is 0 Å². The molecule has 1 atom stereocenters. The molecule has 17 heavy (non-hydrogen) atoms. The predicted molar refractivity (Wildman–Crippen MR) is 75.1 cm³/mol. The zero-order valence-corrected chi connectivity index (χ0v) is 11.8. The number of nitrogens with zero attached hydrogens (tertiary/aromatic N) is 1. The maximum Gasteiger partial charge on any atom is 0.0476 e. The lowest BCUT2D eigenvalue weighted by molar-refractivity contribution is 0.159. The highest BCUT2D eigenvalue weighted by atomic mass is 15.2. The molecule has 2 nitrogen and oxygen atoms in total. The first-order valence-electron chi connectivity index (χ1n) is 6.41. The van der Waals surface area contributed by atoms with Crippen molar-refractivity contribution in [2.45, 2.75) is 45.2 Å². The van der Waals surface area contributed by atoms with E-state index in [2.05, 4.69) is 64.0 Å². The summed E-state index contributed by atoms with van der Waals surface area (Å²) in [6, 6.07) is 8.72. The molecule has 96 valence electrons. The zero-order chi connectivity index (χ0) is 13.1. The van der Waals surface area contributed by atoms with Gasteiger partial charge >= 0.3 is 0 Å². The van der Waals surface area contributed by atoms with Crippen molar-refractivity contribution >= 4 is 0 Å². The number of likely N-dealkylation sites (N-methyl/N-ethyl adjacent to an activating group) is 1. The van der Waals surface area contributed by atoms with Crippen LogP contribution >= 0.6 is 0 Å². The van der Waals surface area contributed by atoms with E-state index in [1.807, 2.05) is 0 Å². The Morgan fingerprint density at radius 2 is 1.94 bits per heavy atom. The lowest BCUT2D eigenvalue weighted by Crippen LogP contribution is -2.47. The van der Waals surface area contributed by atoms with Gasteiger partial charge in [-0.2, -0.15) is 0 Å². The summed E-state index contributed by atoms with van der Waals surface area (Å²) >= 11 is 0. The minimum absolute atomic E-state index is 0.0364. The molecule has 0 aromatic heterocycles. The van der Waals surface area contributed by atoms with Gasteiger partial charge < -0.3 is 10.6 Å². The number of rotatable bonds is 5. The van der Waals surface area contributed by atoms with Gasteiger partial charge in [0, 0.05) is 11.6 Å². The lowest BCUT2D eigenvalue weighted by Gasteiger charge is -2.38. The van der Waals surface area contributed by atoms with E-state index in [0.717, 1.165) is 6.42 Å². The average Bonchev–Trinajstić information content (AvgIpc) is 2.28. The molecule has 2 heteroatoms. The largest absolute Gasteiger partial charge is 0.322 e. The predicted octanol–water partition coefficient (Wildman–Crippen LogP) is 2.98. The van der Waals surface area contributed by atoms with Gasteiger partial charge in [0.25, 0.3) is 0 Å². The first-order chi connectivity index (χ1) is 7.89. The van der Waals surface area contributed by atoms with Gasteiger partial charge in [0.15, 0.2) is 0 Å². The summed E-state index contributed by atoms with van der Waals surface area (Å²) in [7, 11) is 4.16. The minimum Gasteiger partial charge on any atom is -0.322 e. The van der Waals surface area contributed by atoms with Crippen LogP contribution in [0, 0.1) is 0 Å². The van der Waals surface area contributed by atoms with Crippen LogP contribution in [-0.4, -0.2) is 24.5 Å². The number of nitrogens with two attached hydrogens (primary N) is 1. The summed E-state index contributed by atoms with van der Waals surface area (Å²) in [6.07, 6.45) is 2.30. The van der Waals surface area contributed by atoms with E-state index in [1.165, 1.54) is 17.5 Å². The highest BCUT2D eigenvalue weighted by Crippen LogP contribution is 2.27. The van der Waals surface area contributed by atoms with Crippen molar-refractivity contribution in [2.24, 2.45) is 5.73 Å². The molecule has 2 N–H and O–H groups in total. The fourth-order valence-electron chi connectivity index (χ4n) is 1.92. The van der Waals surface area contributed by atoms with Crippen molar-refractivity contribution in [3.63, 3.8) is 0 Å². The molecule has 0 amide bonds. The summed E-state index contributed by atoms with van der Waals surface area (Å²) in [5.41, 5.74) is 8.98. The van der Waals surface area contributed by atoms with E-state index in [-0.39, 0.29) is 11.6 Å². The van der Waals surface area contributed by atoms with Crippen LogP contribution in [0.2, 0.25) is 0 Å². The molecule has 1 aromatic rings. The number of aryl methyl sites for hydroxylation is 1. The molecule has 0 aliphatic heterocycles. The van der Waals surface area contributed by atoms with Crippen molar-refractivity contribution in [2.75, 3.05) is 14.1 Å². The molecule has 0 bridgehead atoms. The molecule has 1 rings (SSSR count). The molecule has 0 fully saturated rings.